The Morgan fingerprint density at radius 2 is 1.62 bits per heavy atom. The number of anilines is 1. The maximum atomic E-state index is 13.1. The zero-order valence-corrected chi connectivity index (χ0v) is 10.6. The average Bonchev–Trinajstić information content (AvgIpc) is 2.45. The van der Waals surface area contributed by atoms with Crippen LogP contribution in [0.25, 0.3) is 22.3 Å². The van der Waals surface area contributed by atoms with E-state index in [1.165, 1.54) is 0 Å². The maximum Gasteiger partial charge on any atom is 0.417 e. The molecule has 2 N–H and O–H groups in total. The van der Waals surface area contributed by atoms with Crippen LogP contribution in [0.3, 0.4) is 0 Å². The monoisotopic (exact) mass is 290 g/mol. The van der Waals surface area contributed by atoms with E-state index < -0.39 is 11.7 Å². The van der Waals surface area contributed by atoms with Crippen molar-refractivity contribution < 1.29 is 13.2 Å². The Morgan fingerprint density at radius 3 is 2.29 bits per heavy atom. The molecule has 0 saturated heterocycles. The molecule has 0 bridgehead atoms. The second kappa shape index (κ2) is 4.69. The molecule has 0 atom stereocenters. The Bertz CT molecular complexity index is 815. The molecule has 0 amide bonds. The lowest BCUT2D eigenvalue weighted by atomic mass is 10.1. The first-order chi connectivity index (χ1) is 9.97. The van der Waals surface area contributed by atoms with Crippen molar-refractivity contribution in [3.8, 4) is 11.3 Å². The van der Waals surface area contributed by atoms with Crippen molar-refractivity contribution in [2.75, 3.05) is 5.73 Å². The molecule has 0 spiro atoms. The van der Waals surface area contributed by atoms with Gasteiger partial charge in [-0.15, -0.1) is 0 Å². The molecular formula is C14H9F3N4. The van der Waals surface area contributed by atoms with Crippen LogP contribution < -0.4 is 5.73 Å². The van der Waals surface area contributed by atoms with Crippen LogP contribution in [0.5, 0.6) is 0 Å². The fourth-order valence-corrected chi connectivity index (χ4v) is 2.04. The number of halogens is 3. The van der Waals surface area contributed by atoms with Crippen molar-refractivity contribution in [3.63, 3.8) is 0 Å². The van der Waals surface area contributed by atoms with Crippen LogP contribution in [0.2, 0.25) is 0 Å². The summed E-state index contributed by atoms with van der Waals surface area (Å²) in [5, 5.41) is 0. The van der Waals surface area contributed by atoms with Crippen molar-refractivity contribution >= 4 is 16.9 Å². The first kappa shape index (κ1) is 13.3. The van der Waals surface area contributed by atoms with Gasteiger partial charge in [-0.2, -0.15) is 13.2 Å². The molecule has 7 heteroatoms. The predicted molar refractivity (Wildman–Crippen MR) is 72.2 cm³/mol. The van der Waals surface area contributed by atoms with Gasteiger partial charge in [-0.25, -0.2) is 9.97 Å². The number of para-hydroxylation sites is 2. The standard InChI is InChI=1S/C14H9F3N4/c15-14(16,17)9-5-6-19-7-8(9)12-13(18)21-11-4-2-1-3-10(11)20-12/h1-7H,(H2,18,21). The second-order valence-corrected chi connectivity index (χ2v) is 4.37. The van der Waals surface area contributed by atoms with Gasteiger partial charge in [-0.05, 0) is 18.2 Å². The Labute approximate surface area is 117 Å². The van der Waals surface area contributed by atoms with E-state index in [-0.39, 0.29) is 17.1 Å². The fourth-order valence-electron chi connectivity index (χ4n) is 2.04. The molecule has 3 aromatic rings. The minimum atomic E-state index is -4.52. The number of alkyl halides is 3. The predicted octanol–water partition coefficient (Wildman–Crippen LogP) is 3.29. The van der Waals surface area contributed by atoms with Gasteiger partial charge in [0.25, 0.3) is 0 Å². The summed E-state index contributed by atoms with van der Waals surface area (Å²) in [5.41, 5.74) is 5.72. The Morgan fingerprint density at radius 1 is 0.952 bits per heavy atom. The summed E-state index contributed by atoms with van der Waals surface area (Å²) in [7, 11) is 0. The van der Waals surface area contributed by atoms with Crippen molar-refractivity contribution in [1.82, 2.24) is 15.0 Å². The van der Waals surface area contributed by atoms with Crippen molar-refractivity contribution in [2.45, 2.75) is 6.18 Å². The molecule has 0 aliphatic carbocycles. The number of hydrogen-bond acceptors (Lipinski definition) is 4. The first-order valence-corrected chi connectivity index (χ1v) is 6.00. The number of hydrogen-bond donors (Lipinski definition) is 1. The topological polar surface area (TPSA) is 64.7 Å². The lowest BCUT2D eigenvalue weighted by Crippen LogP contribution is -2.09. The average molecular weight is 290 g/mol. The van der Waals surface area contributed by atoms with Crippen LogP contribution in [-0.4, -0.2) is 15.0 Å². The van der Waals surface area contributed by atoms with E-state index in [4.69, 9.17) is 5.73 Å². The molecule has 2 heterocycles. The molecule has 1 aromatic carbocycles. The number of benzene rings is 1. The van der Waals surface area contributed by atoms with E-state index >= 15 is 0 Å². The third kappa shape index (κ3) is 2.37. The molecule has 0 radical (unpaired) electrons. The molecule has 3 rings (SSSR count). The number of nitrogen functional groups attached to an aromatic ring is 1. The fraction of sp³-hybridized carbons (Fsp3) is 0.0714. The van der Waals surface area contributed by atoms with Crippen LogP contribution in [0.15, 0.2) is 42.7 Å². The van der Waals surface area contributed by atoms with Crippen molar-refractivity contribution in [2.24, 2.45) is 0 Å². The normalized spacial score (nSPS) is 11.8. The minimum absolute atomic E-state index is 0.0193. The molecule has 0 aliphatic heterocycles. The van der Waals surface area contributed by atoms with Crippen molar-refractivity contribution in [3.05, 3.63) is 48.3 Å². The van der Waals surface area contributed by atoms with Crippen LogP contribution in [0.1, 0.15) is 5.56 Å². The summed E-state index contributed by atoms with van der Waals surface area (Å²) in [6, 6.07) is 7.73. The SMILES string of the molecule is Nc1nc2ccccc2nc1-c1cnccc1C(F)(F)F. The summed E-state index contributed by atoms with van der Waals surface area (Å²) in [4.78, 5) is 12.0. The van der Waals surface area contributed by atoms with Crippen LogP contribution in [0.4, 0.5) is 19.0 Å². The minimum Gasteiger partial charge on any atom is -0.382 e. The van der Waals surface area contributed by atoms with Gasteiger partial charge < -0.3 is 5.73 Å². The number of nitrogens with zero attached hydrogens (tertiary/aromatic N) is 3. The van der Waals surface area contributed by atoms with Gasteiger partial charge in [0.1, 0.15) is 5.69 Å². The van der Waals surface area contributed by atoms with E-state index in [1.54, 1.807) is 24.3 Å². The third-order valence-electron chi connectivity index (χ3n) is 2.98. The molecule has 0 fully saturated rings. The van der Waals surface area contributed by atoms with E-state index in [1.807, 2.05) is 0 Å². The van der Waals surface area contributed by atoms with Gasteiger partial charge in [0.15, 0.2) is 5.82 Å². The van der Waals surface area contributed by atoms with Crippen LogP contribution >= 0.6 is 0 Å². The van der Waals surface area contributed by atoms with Gasteiger partial charge in [-0.1, -0.05) is 12.1 Å². The summed E-state index contributed by atoms with van der Waals surface area (Å²) >= 11 is 0. The van der Waals surface area contributed by atoms with E-state index in [9.17, 15) is 13.2 Å². The lowest BCUT2D eigenvalue weighted by Gasteiger charge is -2.13. The molecule has 0 aliphatic rings. The quantitative estimate of drug-likeness (QED) is 0.747. The van der Waals surface area contributed by atoms with Gasteiger partial charge in [0.05, 0.1) is 16.6 Å². The Kier molecular flexibility index (Phi) is 2.97. The van der Waals surface area contributed by atoms with Crippen LogP contribution in [0, 0.1) is 0 Å². The molecule has 0 saturated carbocycles. The molecule has 106 valence electrons. The number of aromatic nitrogens is 3. The van der Waals surface area contributed by atoms with Gasteiger partial charge in [0.2, 0.25) is 0 Å². The van der Waals surface area contributed by atoms with E-state index in [0.717, 1.165) is 18.5 Å². The second-order valence-electron chi connectivity index (χ2n) is 4.37. The van der Waals surface area contributed by atoms with Crippen molar-refractivity contribution in [1.29, 1.82) is 0 Å². The zero-order valence-electron chi connectivity index (χ0n) is 10.6. The maximum absolute atomic E-state index is 13.1. The molecule has 4 nitrogen and oxygen atoms in total. The van der Waals surface area contributed by atoms with Gasteiger partial charge >= 0.3 is 6.18 Å². The van der Waals surface area contributed by atoms with Crippen LogP contribution in [-0.2, 0) is 6.18 Å². The summed E-state index contributed by atoms with van der Waals surface area (Å²) in [6.07, 6.45) is -2.34. The summed E-state index contributed by atoms with van der Waals surface area (Å²) in [5.74, 6) is -0.0628. The molecular weight excluding hydrogens is 281 g/mol. The molecule has 2 aromatic heterocycles. The van der Waals surface area contributed by atoms with E-state index in [2.05, 4.69) is 15.0 Å². The Balaban J connectivity index is 2.28. The zero-order chi connectivity index (χ0) is 15.0. The number of nitrogens with two attached hydrogens (primary N) is 1. The smallest absolute Gasteiger partial charge is 0.382 e. The number of rotatable bonds is 1. The lowest BCUT2D eigenvalue weighted by molar-refractivity contribution is -0.137. The largest absolute Gasteiger partial charge is 0.417 e. The number of pyridine rings is 1. The Hall–Kier alpha value is -2.70. The third-order valence-corrected chi connectivity index (χ3v) is 2.98. The molecule has 21 heavy (non-hydrogen) atoms. The highest BCUT2D eigenvalue weighted by atomic mass is 19.4. The van der Waals surface area contributed by atoms with Gasteiger partial charge in [-0.3, -0.25) is 4.98 Å². The highest BCUT2D eigenvalue weighted by Crippen LogP contribution is 2.37. The first-order valence-electron chi connectivity index (χ1n) is 6.00. The summed E-state index contributed by atoms with van der Waals surface area (Å²) < 4.78 is 39.2. The highest BCUT2D eigenvalue weighted by molar-refractivity contribution is 5.83. The highest BCUT2D eigenvalue weighted by Gasteiger charge is 2.34. The molecule has 0 unspecified atom stereocenters. The van der Waals surface area contributed by atoms with Gasteiger partial charge in [0, 0.05) is 18.0 Å². The van der Waals surface area contributed by atoms with E-state index in [0.29, 0.717) is 11.0 Å². The number of fused-ring (bicyclic) bond motifs is 1. The summed E-state index contributed by atoms with van der Waals surface area (Å²) in [6.45, 7) is 0.